The summed E-state index contributed by atoms with van der Waals surface area (Å²) in [4.78, 5) is 21.2. The third-order valence-electron chi connectivity index (χ3n) is 2.61. The third kappa shape index (κ3) is 4.80. The largest absolute Gasteiger partial charge is 0.412 e. The van der Waals surface area contributed by atoms with E-state index in [2.05, 4.69) is 9.97 Å². The van der Waals surface area contributed by atoms with Gasteiger partial charge in [-0.15, -0.1) is 0 Å². The van der Waals surface area contributed by atoms with Crippen molar-refractivity contribution in [2.24, 2.45) is 11.5 Å². The molecule has 114 valence electrons. The van der Waals surface area contributed by atoms with Crippen LogP contribution in [-0.4, -0.2) is 39.4 Å². The Bertz CT molecular complexity index is 499. The van der Waals surface area contributed by atoms with E-state index >= 15 is 0 Å². The summed E-state index contributed by atoms with van der Waals surface area (Å²) in [6.07, 6.45) is 3.27. The molecule has 0 unspecified atom stereocenters. The molecule has 1 aromatic carbocycles. The number of anilines is 2. The summed E-state index contributed by atoms with van der Waals surface area (Å²) in [5.41, 5.74) is 11.8. The number of benzene rings is 1. The molecule has 8 nitrogen and oxygen atoms in total. The Balaban J connectivity index is 0.00000200. The van der Waals surface area contributed by atoms with Crippen LogP contribution in [0.4, 0.5) is 11.6 Å². The fraction of sp³-hybridized carbons (Fsp3) is 0.154. The highest BCUT2D eigenvalue weighted by atomic mass is 16.1. The number of nitrogens with zero attached hydrogens (tertiary/aromatic N) is 3. The smallest absolute Gasteiger partial charge is 0.236 e. The molecule has 1 heterocycles. The molecule has 0 aliphatic rings. The van der Waals surface area contributed by atoms with E-state index in [0.717, 1.165) is 5.69 Å². The standard InChI is InChI=1S/C13H15N5O.2H2O/c14-11(12(15)19)9-18(10-5-2-1-3-6-10)13-16-7-4-8-17-13;;/h1-8,11H,9,14H2,(H2,15,19);2*1H2/t11-;;/m0../s1. The first-order valence-electron chi connectivity index (χ1n) is 5.83. The van der Waals surface area contributed by atoms with Crippen molar-refractivity contribution in [3.8, 4) is 0 Å². The predicted octanol–water partition coefficient (Wildman–Crippen LogP) is -1.22. The van der Waals surface area contributed by atoms with Crippen molar-refractivity contribution in [2.45, 2.75) is 6.04 Å². The van der Waals surface area contributed by atoms with E-state index in [4.69, 9.17) is 11.5 Å². The molecule has 2 rings (SSSR count). The second kappa shape index (κ2) is 8.59. The van der Waals surface area contributed by atoms with Crippen molar-refractivity contribution in [3.05, 3.63) is 48.8 Å². The molecule has 2 aromatic rings. The Morgan fingerprint density at radius 1 is 1.10 bits per heavy atom. The summed E-state index contributed by atoms with van der Waals surface area (Å²) in [7, 11) is 0. The van der Waals surface area contributed by atoms with Gasteiger partial charge in [0.15, 0.2) is 0 Å². The van der Waals surface area contributed by atoms with Crippen molar-refractivity contribution in [2.75, 3.05) is 11.4 Å². The van der Waals surface area contributed by atoms with Crippen LogP contribution < -0.4 is 16.4 Å². The topological polar surface area (TPSA) is 161 Å². The fourth-order valence-corrected chi connectivity index (χ4v) is 1.63. The van der Waals surface area contributed by atoms with Crippen LogP contribution in [0.2, 0.25) is 0 Å². The van der Waals surface area contributed by atoms with Gasteiger partial charge in [-0.3, -0.25) is 4.79 Å². The summed E-state index contributed by atoms with van der Waals surface area (Å²) in [5.74, 6) is -0.0812. The molecule has 0 bridgehead atoms. The molecular weight excluding hydrogens is 274 g/mol. The van der Waals surface area contributed by atoms with Crippen LogP contribution in [0.25, 0.3) is 0 Å². The summed E-state index contributed by atoms with van der Waals surface area (Å²) in [5, 5.41) is 0. The zero-order valence-corrected chi connectivity index (χ0v) is 11.3. The number of hydrogen-bond donors (Lipinski definition) is 2. The zero-order chi connectivity index (χ0) is 13.7. The number of rotatable bonds is 5. The van der Waals surface area contributed by atoms with Crippen LogP contribution >= 0.6 is 0 Å². The lowest BCUT2D eigenvalue weighted by molar-refractivity contribution is -0.119. The van der Waals surface area contributed by atoms with Crippen molar-refractivity contribution < 1.29 is 15.7 Å². The Kier molecular flexibility index (Phi) is 7.54. The monoisotopic (exact) mass is 293 g/mol. The molecule has 8 heteroatoms. The van der Waals surface area contributed by atoms with Crippen LogP contribution in [0.15, 0.2) is 48.8 Å². The number of amides is 1. The third-order valence-corrected chi connectivity index (χ3v) is 2.61. The van der Waals surface area contributed by atoms with Gasteiger partial charge in [-0.2, -0.15) is 0 Å². The quantitative estimate of drug-likeness (QED) is 0.704. The molecule has 0 saturated heterocycles. The number of aromatic nitrogens is 2. The lowest BCUT2D eigenvalue weighted by Gasteiger charge is -2.24. The fourth-order valence-electron chi connectivity index (χ4n) is 1.63. The van der Waals surface area contributed by atoms with Crippen molar-refractivity contribution in [1.82, 2.24) is 9.97 Å². The van der Waals surface area contributed by atoms with Crippen molar-refractivity contribution in [1.29, 1.82) is 0 Å². The van der Waals surface area contributed by atoms with Gasteiger partial charge < -0.3 is 27.3 Å². The Morgan fingerprint density at radius 2 is 1.67 bits per heavy atom. The maximum absolute atomic E-state index is 11.1. The van der Waals surface area contributed by atoms with E-state index in [1.165, 1.54) is 0 Å². The highest BCUT2D eigenvalue weighted by molar-refractivity contribution is 5.80. The van der Waals surface area contributed by atoms with E-state index in [9.17, 15) is 4.79 Å². The van der Waals surface area contributed by atoms with E-state index in [0.29, 0.717) is 5.95 Å². The molecule has 0 aliphatic heterocycles. The molecule has 21 heavy (non-hydrogen) atoms. The van der Waals surface area contributed by atoms with Gasteiger partial charge in [-0.25, -0.2) is 9.97 Å². The first kappa shape index (κ1) is 18.4. The molecule has 0 spiro atoms. The molecule has 0 saturated carbocycles. The van der Waals surface area contributed by atoms with Gasteiger partial charge in [0.2, 0.25) is 11.9 Å². The van der Waals surface area contributed by atoms with E-state index < -0.39 is 11.9 Å². The van der Waals surface area contributed by atoms with Gasteiger partial charge in [-0.05, 0) is 18.2 Å². The van der Waals surface area contributed by atoms with Crippen LogP contribution in [-0.2, 0) is 4.79 Å². The minimum Gasteiger partial charge on any atom is -0.412 e. The van der Waals surface area contributed by atoms with Gasteiger partial charge in [0.25, 0.3) is 0 Å². The maximum Gasteiger partial charge on any atom is 0.236 e. The Labute approximate surface area is 122 Å². The first-order chi connectivity index (χ1) is 9.18. The highest BCUT2D eigenvalue weighted by Gasteiger charge is 2.18. The Morgan fingerprint density at radius 3 is 2.19 bits per heavy atom. The number of carbonyl (C=O) groups is 1. The van der Waals surface area contributed by atoms with Gasteiger partial charge in [0.05, 0.1) is 6.54 Å². The number of primary amides is 1. The lowest BCUT2D eigenvalue weighted by atomic mass is 10.2. The highest BCUT2D eigenvalue weighted by Crippen LogP contribution is 2.20. The molecule has 1 aromatic heterocycles. The Hall–Kier alpha value is -2.55. The number of para-hydroxylation sites is 1. The van der Waals surface area contributed by atoms with E-state index in [-0.39, 0.29) is 17.5 Å². The van der Waals surface area contributed by atoms with Crippen LogP contribution in [0, 0.1) is 0 Å². The minimum atomic E-state index is -0.788. The molecule has 0 aliphatic carbocycles. The number of nitrogens with two attached hydrogens (primary N) is 2. The van der Waals surface area contributed by atoms with Crippen molar-refractivity contribution in [3.63, 3.8) is 0 Å². The summed E-state index contributed by atoms with van der Waals surface area (Å²) in [6, 6.07) is 10.4. The summed E-state index contributed by atoms with van der Waals surface area (Å²) in [6.45, 7) is 0.226. The maximum atomic E-state index is 11.1. The molecule has 0 radical (unpaired) electrons. The second-order valence-corrected chi connectivity index (χ2v) is 4.00. The minimum absolute atomic E-state index is 0. The molecule has 8 N–H and O–H groups in total. The summed E-state index contributed by atoms with van der Waals surface area (Å²) >= 11 is 0. The van der Waals surface area contributed by atoms with Gasteiger partial charge in [0.1, 0.15) is 6.04 Å². The van der Waals surface area contributed by atoms with E-state index in [1.54, 1.807) is 23.4 Å². The lowest BCUT2D eigenvalue weighted by Crippen LogP contribution is -2.45. The SMILES string of the molecule is NC(=O)[C@@H](N)CN(c1ccccc1)c1ncccn1.O.O. The average Bonchev–Trinajstić information content (AvgIpc) is 2.46. The summed E-state index contributed by atoms with van der Waals surface area (Å²) < 4.78 is 0. The van der Waals surface area contributed by atoms with E-state index in [1.807, 2.05) is 30.3 Å². The van der Waals surface area contributed by atoms with Crippen LogP contribution in [0.5, 0.6) is 0 Å². The van der Waals surface area contributed by atoms with Crippen molar-refractivity contribution >= 4 is 17.5 Å². The molecular formula is C13H19N5O3. The zero-order valence-electron chi connectivity index (χ0n) is 11.3. The van der Waals surface area contributed by atoms with Gasteiger partial charge in [0, 0.05) is 18.1 Å². The van der Waals surface area contributed by atoms with Gasteiger partial charge in [-0.1, -0.05) is 18.2 Å². The second-order valence-electron chi connectivity index (χ2n) is 4.00. The predicted molar refractivity (Wildman–Crippen MR) is 79.9 cm³/mol. The van der Waals surface area contributed by atoms with Crippen LogP contribution in [0.3, 0.4) is 0 Å². The number of carbonyl (C=O) groups excluding carboxylic acids is 1. The molecule has 1 amide bonds. The number of hydrogen-bond acceptors (Lipinski definition) is 5. The van der Waals surface area contributed by atoms with Crippen LogP contribution in [0.1, 0.15) is 0 Å². The molecule has 1 atom stereocenters. The first-order valence-corrected chi connectivity index (χ1v) is 5.83. The average molecular weight is 293 g/mol. The normalized spacial score (nSPS) is 10.7. The van der Waals surface area contributed by atoms with Gasteiger partial charge >= 0.3 is 0 Å². The molecule has 0 fully saturated rings.